The molecule has 1 heterocycles. The highest BCUT2D eigenvalue weighted by Gasteiger charge is 2.26. The number of ether oxygens (including phenoxy) is 1. The highest BCUT2D eigenvalue weighted by molar-refractivity contribution is 6.40. The maximum atomic E-state index is 12.7. The van der Waals surface area contributed by atoms with Crippen LogP contribution in [0.4, 0.5) is 5.69 Å². The van der Waals surface area contributed by atoms with Gasteiger partial charge in [-0.2, -0.15) is 5.10 Å². The standard InChI is InChI=1S/C21H23N3O3/c1-14-7-6-8-16(13-14)24-20(25)12-11-18(23-24)21(26)22-15(2)17-9-4-5-10-19(17)27-3/h4-10,13,15H,11-12H2,1-3H3,(H,22,26)/t15-/m0/s1. The van der Waals surface area contributed by atoms with Gasteiger partial charge < -0.3 is 10.1 Å². The Hall–Kier alpha value is -3.15. The van der Waals surface area contributed by atoms with Crippen LogP contribution in [0.1, 0.15) is 36.9 Å². The van der Waals surface area contributed by atoms with Gasteiger partial charge in [-0.15, -0.1) is 0 Å². The molecule has 1 atom stereocenters. The molecule has 0 saturated heterocycles. The lowest BCUT2D eigenvalue weighted by Gasteiger charge is -2.24. The molecule has 0 radical (unpaired) electrons. The largest absolute Gasteiger partial charge is 0.496 e. The summed E-state index contributed by atoms with van der Waals surface area (Å²) in [5, 5.41) is 8.59. The number of rotatable bonds is 5. The fraction of sp³-hybridized carbons (Fsp3) is 0.286. The lowest BCUT2D eigenvalue weighted by Crippen LogP contribution is -2.40. The molecule has 1 aliphatic heterocycles. The number of benzene rings is 2. The van der Waals surface area contributed by atoms with E-state index in [0.717, 1.165) is 11.1 Å². The van der Waals surface area contributed by atoms with E-state index in [1.165, 1.54) is 5.01 Å². The number of methoxy groups -OCH3 is 1. The van der Waals surface area contributed by atoms with E-state index in [1.54, 1.807) is 7.11 Å². The van der Waals surface area contributed by atoms with Crippen molar-refractivity contribution in [2.45, 2.75) is 32.7 Å². The second-order valence-corrected chi connectivity index (χ2v) is 6.53. The van der Waals surface area contributed by atoms with Crippen molar-refractivity contribution in [1.82, 2.24) is 5.32 Å². The minimum atomic E-state index is -0.279. The summed E-state index contributed by atoms with van der Waals surface area (Å²) in [6.07, 6.45) is 0.578. The van der Waals surface area contributed by atoms with Gasteiger partial charge in [0.1, 0.15) is 11.5 Å². The smallest absolute Gasteiger partial charge is 0.267 e. The van der Waals surface area contributed by atoms with Crippen LogP contribution in [0.25, 0.3) is 0 Å². The molecule has 0 bridgehead atoms. The summed E-state index contributed by atoms with van der Waals surface area (Å²) < 4.78 is 5.36. The van der Waals surface area contributed by atoms with Crippen LogP contribution >= 0.6 is 0 Å². The van der Waals surface area contributed by atoms with Crippen LogP contribution in [0.3, 0.4) is 0 Å². The van der Waals surface area contributed by atoms with Gasteiger partial charge >= 0.3 is 0 Å². The number of hydrogen-bond acceptors (Lipinski definition) is 4. The Morgan fingerprint density at radius 3 is 2.70 bits per heavy atom. The highest BCUT2D eigenvalue weighted by atomic mass is 16.5. The van der Waals surface area contributed by atoms with Crippen LogP contribution in [0.15, 0.2) is 53.6 Å². The van der Waals surface area contributed by atoms with E-state index >= 15 is 0 Å². The van der Waals surface area contributed by atoms with E-state index in [1.807, 2.05) is 62.4 Å². The number of carbonyl (C=O) groups excluding carboxylic acids is 2. The normalized spacial score (nSPS) is 15.1. The number of aryl methyl sites for hydroxylation is 1. The van der Waals surface area contributed by atoms with Gasteiger partial charge in [0.05, 0.1) is 18.8 Å². The molecule has 0 saturated carbocycles. The highest BCUT2D eigenvalue weighted by Crippen LogP contribution is 2.25. The van der Waals surface area contributed by atoms with Gasteiger partial charge in [0, 0.05) is 18.4 Å². The summed E-state index contributed by atoms with van der Waals surface area (Å²) in [5.41, 5.74) is 2.92. The van der Waals surface area contributed by atoms with Gasteiger partial charge in [0.2, 0.25) is 5.91 Å². The lowest BCUT2D eigenvalue weighted by molar-refractivity contribution is -0.119. The Morgan fingerprint density at radius 2 is 1.96 bits per heavy atom. The van der Waals surface area contributed by atoms with Gasteiger partial charge in [0.25, 0.3) is 5.91 Å². The topological polar surface area (TPSA) is 71.0 Å². The van der Waals surface area contributed by atoms with Gasteiger partial charge in [-0.1, -0.05) is 30.3 Å². The fourth-order valence-electron chi connectivity index (χ4n) is 3.06. The third kappa shape index (κ3) is 4.16. The minimum absolute atomic E-state index is 0.116. The molecule has 1 N–H and O–H groups in total. The van der Waals surface area contributed by atoms with E-state index in [0.29, 0.717) is 23.6 Å². The minimum Gasteiger partial charge on any atom is -0.496 e. The molecule has 0 spiro atoms. The predicted molar refractivity (Wildman–Crippen MR) is 105 cm³/mol. The Labute approximate surface area is 158 Å². The van der Waals surface area contributed by atoms with Crippen molar-refractivity contribution < 1.29 is 14.3 Å². The third-order valence-electron chi connectivity index (χ3n) is 4.49. The molecule has 2 aromatic rings. The summed E-state index contributed by atoms with van der Waals surface area (Å²) in [6, 6.07) is 14.8. The molecular formula is C21H23N3O3. The molecule has 2 aromatic carbocycles. The number of hydrogen-bond donors (Lipinski definition) is 1. The molecule has 0 unspecified atom stereocenters. The molecule has 0 aliphatic carbocycles. The Morgan fingerprint density at radius 1 is 1.19 bits per heavy atom. The SMILES string of the molecule is COc1ccccc1[C@H](C)NC(=O)C1=NN(c2cccc(C)c2)C(=O)CC1. The molecule has 1 aliphatic rings. The second kappa shape index (κ2) is 8.03. The zero-order valence-corrected chi connectivity index (χ0v) is 15.7. The predicted octanol–water partition coefficient (Wildman–Crippen LogP) is 3.36. The first kappa shape index (κ1) is 18.6. The maximum Gasteiger partial charge on any atom is 0.267 e. The van der Waals surface area contributed by atoms with E-state index in [2.05, 4.69) is 10.4 Å². The number of para-hydroxylation sites is 1. The summed E-state index contributed by atoms with van der Waals surface area (Å²) in [4.78, 5) is 25.0. The average Bonchev–Trinajstić information content (AvgIpc) is 2.68. The number of nitrogens with zero attached hydrogens (tertiary/aromatic N) is 2. The first-order valence-electron chi connectivity index (χ1n) is 8.90. The van der Waals surface area contributed by atoms with E-state index < -0.39 is 0 Å². The zero-order chi connectivity index (χ0) is 19.4. The van der Waals surface area contributed by atoms with Crippen molar-refractivity contribution in [3.63, 3.8) is 0 Å². The first-order valence-corrected chi connectivity index (χ1v) is 8.90. The average molecular weight is 365 g/mol. The van der Waals surface area contributed by atoms with Crippen LogP contribution in [0, 0.1) is 6.92 Å². The Bertz CT molecular complexity index is 892. The Balaban J connectivity index is 1.79. The zero-order valence-electron chi connectivity index (χ0n) is 15.7. The van der Waals surface area contributed by atoms with Gasteiger partial charge in [-0.25, -0.2) is 5.01 Å². The summed E-state index contributed by atoms with van der Waals surface area (Å²) in [5.74, 6) is 0.320. The van der Waals surface area contributed by atoms with E-state index in [-0.39, 0.29) is 24.3 Å². The number of carbonyl (C=O) groups is 2. The van der Waals surface area contributed by atoms with Crippen molar-refractivity contribution in [2.24, 2.45) is 5.10 Å². The number of nitrogens with one attached hydrogen (secondary N) is 1. The summed E-state index contributed by atoms with van der Waals surface area (Å²) >= 11 is 0. The molecule has 2 amide bonds. The summed E-state index contributed by atoms with van der Waals surface area (Å²) in [7, 11) is 1.60. The van der Waals surface area contributed by atoms with Crippen molar-refractivity contribution in [3.8, 4) is 5.75 Å². The molecular weight excluding hydrogens is 342 g/mol. The molecule has 27 heavy (non-hydrogen) atoms. The van der Waals surface area contributed by atoms with Gasteiger partial charge in [0.15, 0.2) is 0 Å². The lowest BCUT2D eigenvalue weighted by atomic mass is 10.1. The number of anilines is 1. The Kier molecular flexibility index (Phi) is 5.54. The van der Waals surface area contributed by atoms with Crippen LogP contribution in [0.5, 0.6) is 5.75 Å². The monoisotopic (exact) mass is 365 g/mol. The van der Waals surface area contributed by atoms with Gasteiger partial charge in [-0.05, 0) is 37.6 Å². The number of amides is 2. The van der Waals surface area contributed by atoms with Gasteiger partial charge in [-0.3, -0.25) is 9.59 Å². The van der Waals surface area contributed by atoms with Crippen molar-refractivity contribution >= 4 is 23.2 Å². The van der Waals surface area contributed by atoms with Crippen molar-refractivity contribution in [3.05, 3.63) is 59.7 Å². The van der Waals surface area contributed by atoms with E-state index in [9.17, 15) is 9.59 Å². The molecule has 6 nitrogen and oxygen atoms in total. The third-order valence-corrected chi connectivity index (χ3v) is 4.49. The van der Waals surface area contributed by atoms with Crippen LogP contribution in [-0.4, -0.2) is 24.6 Å². The molecule has 0 fully saturated rings. The first-order chi connectivity index (χ1) is 13.0. The van der Waals surface area contributed by atoms with E-state index in [4.69, 9.17) is 4.74 Å². The summed E-state index contributed by atoms with van der Waals surface area (Å²) in [6.45, 7) is 3.84. The maximum absolute atomic E-state index is 12.7. The van der Waals surface area contributed by atoms with Crippen LogP contribution in [-0.2, 0) is 9.59 Å². The second-order valence-electron chi connectivity index (χ2n) is 6.53. The van der Waals surface area contributed by atoms with Crippen molar-refractivity contribution in [1.29, 1.82) is 0 Å². The van der Waals surface area contributed by atoms with Crippen molar-refractivity contribution in [2.75, 3.05) is 12.1 Å². The molecule has 140 valence electrons. The molecule has 3 rings (SSSR count). The van der Waals surface area contributed by atoms with Crippen LogP contribution < -0.4 is 15.1 Å². The quantitative estimate of drug-likeness (QED) is 0.883. The molecule has 6 heteroatoms. The fourth-order valence-corrected chi connectivity index (χ4v) is 3.06. The molecule has 0 aromatic heterocycles. The van der Waals surface area contributed by atoms with Crippen LogP contribution in [0.2, 0.25) is 0 Å². The number of hydrazone groups is 1.